The summed E-state index contributed by atoms with van der Waals surface area (Å²) in [7, 11) is 3.09. The first-order valence-electron chi connectivity index (χ1n) is 5.05. The third-order valence-corrected chi connectivity index (χ3v) is 2.68. The van der Waals surface area contributed by atoms with E-state index in [1.165, 1.54) is 6.20 Å². The summed E-state index contributed by atoms with van der Waals surface area (Å²) >= 11 is 0.984. The van der Waals surface area contributed by atoms with Crippen LogP contribution in [0.5, 0.6) is 11.5 Å². The molecule has 1 N–H and O–H groups in total. The molecule has 18 heavy (non-hydrogen) atoms. The molecule has 0 fully saturated rings. The van der Waals surface area contributed by atoms with Crippen LogP contribution in [0.4, 0.5) is 5.69 Å². The Bertz CT molecular complexity index is 520. The van der Waals surface area contributed by atoms with Gasteiger partial charge in [0.25, 0.3) is 5.91 Å². The van der Waals surface area contributed by atoms with Gasteiger partial charge in [-0.15, -0.1) is 0 Å². The number of anilines is 1. The molecule has 6 nitrogen and oxygen atoms in total. The third-order valence-electron chi connectivity index (χ3n) is 2.20. The van der Waals surface area contributed by atoms with Gasteiger partial charge < -0.3 is 14.8 Å². The van der Waals surface area contributed by atoms with Crippen molar-refractivity contribution >= 4 is 23.3 Å². The van der Waals surface area contributed by atoms with E-state index in [1.54, 1.807) is 32.4 Å². The zero-order valence-electron chi connectivity index (χ0n) is 9.84. The minimum Gasteiger partial charge on any atom is -0.497 e. The lowest BCUT2D eigenvalue weighted by Gasteiger charge is -2.08. The highest BCUT2D eigenvalue weighted by Gasteiger charge is 2.10. The number of rotatable bonds is 4. The molecule has 0 saturated heterocycles. The fourth-order valence-corrected chi connectivity index (χ4v) is 1.75. The number of aromatic nitrogens is 2. The van der Waals surface area contributed by atoms with Crippen LogP contribution in [-0.2, 0) is 0 Å². The second-order valence-corrected chi connectivity index (χ2v) is 3.90. The van der Waals surface area contributed by atoms with Crippen molar-refractivity contribution in [2.24, 2.45) is 0 Å². The summed E-state index contributed by atoms with van der Waals surface area (Å²) in [6.07, 6.45) is 1.41. The number of carbonyl (C=O) groups excluding carboxylic acids is 1. The molecule has 0 bridgehead atoms. The van der Waals surface area contributed by atoms with Crippen molar-refractivity contribution in [1.82, 2.24) is 8.75 Å². The van der Waals surface area contributed by atoms with Gasteiger partial charge in [-0.2, -0.15) is 8.75 Å². The van der Waals surface area contributed by atoms with Crippen LogP contribution in [0.3, 0.4) is 0 Å². The first-order chi connectivity index (χ1) is 8.72. The number of hydrogen-bond donors (Lipinski definition) is 1. The highest BCUT2D eigenvalue weighted by Crippen LogP contribution is 2.25. The van der Waals surface area contributed by atoms with Crippen LogP contribution in [0.25, 0.3) is 0 Å². The van der Waals surface area contributed by atoms with Gasteiger partial charge in [0.05, 0.1) is 32.1 Å². The quantitative estimate of drug-likeness (QED) is 0.912. The summed E-state index contributed by atoms with van der Waals surface area (Å²) in [6.45, 7) is 0. The van der Waals surface area contributed by atoms with Crippen molar-refractivity contribution in [3.8, 4) is 11.5 Å². The Labute approximate surface area is 108 Å². The highest BCUT2D eigenvalue weighted by atomic mass is 32.1. The van der Waals surface area contributed by atoms with Crippen molar-refractivity contribution in [3.63, 3.8) is 0 Å². The summed E-state index contributed by atoms with van der Waals surface area (Å²) in [6, 6.07) is 5.11. The van der Waals surface area contributed by atoms with E-state index in [0.717, 1.165) is 11.7 Å². The second kappa shape index (κ2) is 5.46. The summed E-state index contributed by atoms with van der Waals surface area (Å²) in [4.78, 5) is 11.8. The van der Waals surface area contributed by atoms with E-state index in [2.05, 4.69) is 14.1 Å². The summed E-state index contributed by atoms with van der Waals surface area (Å²) < 4.78 is 17.9. The summed E-state index contributed by atoms with van der Waals surface area (Å²) in [5.41, 5.74) is 0.853. The number of benzene rings is 1. The molecule has 0 aliphatic carbocycles. The van der Waals surface area contributed by atoms with Crippen LogP contribution in [0.15, 0.2) is 24.4 Å². The van der Waals surface area contributed by atoms with Crippen LogP contribution in [-0.4, -0.2) is 28.9 Å². The molecule has 0 aliphatic rings. The maximum absolute atomic E-state index is 11.8. The molecule has 0 aliphatic heterocycles. The molecule has 0 atom stereocenters. The number of carbonyl (C=O) groups is 1. The summed E-state index contributed by atoms with van der Waals surface area (Å²) in [5.74, 6) is 0.876. The average molecular weight is 265 g/mol. The van der Waals surface area contributed by atoms with Crippen molar-refractivity contribution in [1.29, 1.82) is 0 Å². The zero-order chi connectivity index (χ0) is 13.0. The molecule has 1 amide bonds. The van der Waals surface area contributed by atoms with Gasteiger partial charge in [-0.1, -0.05) is 0 Å². The fourth-order valence-electron chi connectivity index (χ4n) is 1.34. The number of ether oxygens (including phenoxy) is 2. The Hall–Kier alpha value is -2.15. The molecule has 0 radical (unpaired) electrons. The molecule has 94 valence electrons. The molecule has 0 unspecified atom stereocenters. The van der Waals surface area contributed by atoms with Crippen molar-refractivity contribution in [2.75, 3.05) is 19.5 Å². The van der Waals surface area contributed by atoms with Gasteiger partial charge in [-0.25, -0.2) is 0 Å². The van der Waals surface area contributed by atoms with Crippen LogP contribution < -0.4 is 14.8 Å². The van der Waals surface area contributed by atoms with Crippen LogP contribution in [0.1, 0.15) is 10.5 Å². The van der Waals surface area contributed by atoms with E-state index in [1.807, 2.05) is 0 Å². The van der Waals surface area contributed by atoms with Gasteiger partial charge in [0, 0.05) is 23.9 Å². The Morgan fingerprint density at radius 3 is 2.39 bits per heavy atom. The van der Waals surface area contributed by atoms with Gasteiger partial charge in [0.2, 0.25) is 0 Å². The topological polar surface area (TPSA) is 73.3 Å². The zero-order valence-corrected chi connectivity index (χ0v) is 10.7. The lowest BCUT2D eigenvalue weighted by atomic mass is 10.2. The molecule has 0 spiro atoms. The smallest absolute Gasteiger partial charge is 0.277 e. The van der Waals surface area contributed by atoms with Crippen LogP contribution in [0, 0.1) is 0 Å². The molecule has 2 rings (SSSR count). The molecule has 7 heteroatoms. The first-order valence-corrected chi connectivity index (χ1v) is 5.78. The van der Waals surface area contributed by atoms with Crippen molar-refractivity contribution in [2.45, 2.75) is 0 Å². The van der Waals surface area contributed by atoms with E-state index in [4.69, 9.17) is 9.47 Å². The van der Waals surface area contributed by atoms with E-state index < -0.39 is 0 Å². The van der Waals surface area contributed by atoms with E-state index in [0.29, 0.717) is 17.2 Å². The number of nitrogens with zero attached hydrogens (tertiary/aromatic N) is 2. The molecule has 1 aromatic carbocycles. The number of nitrogens with one attached hydrogen (secondary N) is 1. The normalized spacial score (nSPS) is 9.89. The lowest BCUT2D eigenvalue weighted by Crippen LogP contribution is -2.12. The Kier molecular flexibility index (Phi) is 3.73. The largest absolute Gasteiger partial charge is 0.497 e. The van der Waals surface area contributed by atoms with E-state index in [9.17, 15) is 4.79 Å². The van der Waals surface area contributed by atoms with Gasteiger partial charge in [-0.05, 0) is 0 Å². The average Bonchev–Trinajstić information content (AvgIpc) is 2.92. The van der Waals surface area contributed by atoms with Crippen molar-refractivity contribution < 1.29 is 14.3 Å². The number of amides is 1. The summed E-state index contributed by atoms with van der Waals surface area (Å²) in [5, 5.41) is 2.70. The predicted octanol–water partition coefficient (Wildman–Crippen LogP) is 1.81. The third kappa shape index (κ3) is 2.75. The van der Waals surface area contributed by atoms with Crippen molar-refractivity contribution in [3.05, 3.63) is 30.1 Å². The molecule has 2 aromatic rings. The SMILES string of the molecule is COc1cc(NC(=O)c2cnsn2)cc(OC)c1. The van der Waals surface area contributed by atoms with Gasteiger partial charge in [-0.3, -0.25) is 4.79 Å². The number of hydrogen-bond acceptors (Lipinski definition) is 6. The first kappa shape index (κ1) is 12.3. The number of methoxy groups -OCH3 is 2. The van der Waals surface area contributed by atoms with Crippen LogP contribution in [0.2, 0.25) is 0 Å². The highest BCUT2D eigenvalue weighted by molar-refractivity contribution is 6.99. The Morgan fingerprint density at radius 2 is 1.89 bits per heavy atom. The minimum atomic E-state index is -0.320. The standard InChI is InChI=1S/C11H11N3O3S/c1-16-8-3-7(4-9(5-8)17-2)13-11(15)10-6-12-18-14-10/h3-6H,1-2H3,(H,13,15). The van der Waals surface area contributed by atoms with Gasteiger partial charge in [0.1, 0.15) is 11.5 Å². The minimum absolute atomic E-state index is 0.279. The van der Waals surface area contributed by atoms with E-state index in [-0.39, 0.29) is 11.6 Å². The Balaban J connectivity index is 2.20. The van der Waals surface area contributed by atoms with Gasteiger partial charge >= 0.3 is 0 Å². The van der Waals surface area contributed by atoms with Gasteiger partial charge in [0.15, 0.2) is 5.69 Å². The molecule has 1 heterocycles. The van der Waals surface area contributed by atoms with Crippen LogP contribution >= 0.6 is 11.7 Å². The molecular weight excluding hydrogens is 254 g/mol. The monoisotopic (exact) mass is 265 g/mol. The Morgan fingerprint density at radius 1 is 1.22 bits per heavy atom. The molecule has 0 saturated carbocycles. The second-order valence-electron chi connectivity index (χ2n) is 3.35. The predicted molar refractivity (Wildman–Crippen MR) is 67.4 cm³/mol. The van der Waals surface area contributed by atoms with E-state index >= 15 is 0 Å². The lowest BCUT2D eigenvalue weighted by molar-refractivity contribution is 0.102. The molecular formula is C11H11N3O3S. The fraction of sp³-hybridized carbons (Fsp3) is 0.182. The maximum Gasteiger partial charge on any atom is 0.277 e. The maximum atomic E-state index is 11.8. The molecule has 1 aromatic heterocycles.